The van der Waals surface area contributed by atoms with Crippen molar-refractivity contribution in [2.45, 2.75) is 19.9 Å². The van der Waals surface area contributed by atoms with Crippen molar-refractivity contribution in [2.24, 2.45) is 10.9 Å². The van der Waals surface area contributed by atoms with Crippen LogP contribution in [0.3, 0.4) is 0 Å². The minimum atomic E-state index is -0.787. The molecule has 4 nitrogen and oxygen atoms in total. The lowest BCUT2D eigenvalue weighted by atomic mass is 10.1. The summed E-state index contributed by atoms with van der Waals surface area (Å²) in [5, 5.41) is 5.47. The Bertz CT molecular complexity index is 531. The molecule has 1 saturated heterocycles. The first kappa shape index (κ1) is 13.8. The molecule has 1 heterocycles. The van der Waals surface area contributed by atoms with Crippen LogP contribution in [0.4, 0.5) is 4.39 Å². The lowest BCUT2D eigenvalue weighted by molar-refractivity contribution is -0.120. The summed E-state index contributed by atoms with van der Waals surface area (Å²) in [5.41, 5.74) is 0.222. The summed E-state index contributed by atoms with van der Waals surface area (Å²) in [6, 6.07) is 3.80. The lowest BCUT2D eigenvalue weighted by Gasteiger charge is -2.10. The summed E-state index contributed by atoms with van der Waals surface area (Å²) in [6.07, 6.45) is 0. The Kier molecular flexibility index (Phi) is 4.04. The van der Waals surface area contributed by atoms with Gasteiger partial charge in [0, 0.05) is 12.1 Å². The molecule has 0 radical (unpaired) electrons. The fourth-order valence-electron chi connectivity index (χ4n) is 1.75. The first-order valence-corrected chi connectivity index (χ1v) is 6.42. The van der Waals surface area contributed by atoms with E-state index in [2.05, 4.69) is 15.6 Å². The highest BCUT2D eigenvalue weighted by molar-refractivity contribution is 6.30. The number of nitrogens with one attached hydrogen (secondary N) is 2. The van der Waals surface area contributed by atoms with Gasteiger partial charge in [0.05, 0.1) is 5.02 Å². The minimum Gasteiger partial charge on any atom is -0.340 e. The van der Waals surface area contributed by atoms with Crippen LogP contribution in [0, 0.1) is 11.7 Å². The van der Waals surface area contributed by atoms with Crippen LogP contribution in [0.5, 0.6) is 0 Å². The van der Waals surface area contributed by atoms with E-state index in [-0.39, 0.29) is 16.5 Å². The van der Waals surface area contributed by atoms with Crippen LogP contribution in [0.15, 0.2) is 23.2 Å². The number of nitrogens with zero attached hydrogens (tertiary/aromatic N) is 1. The van der Waals surface area contributed by atoms with Gasteiger partial charge in [-0.3, -0.25) is 15.1 Å². The Hall–Kier alpha value is -1.62. The molecule has 2 N–H and O–H groups in total. The van der Waals surface area contributed by atoms with E-state index in [1.807, 2.05) is 13.8 Å². The third-order valence-electron chi connectivity index (χ3n) is 2.69. The number of amides is 1. The molecule has 0 saturated carbocycles. The van der Waals surface area contributed by atoms with E-state index in [1.165, 1.54) is 12.1 Å². The van der Waals surface area contributed by atoms with Crippen molar-refractivity contribution in [3.8, 4) is 0 Å². The maximum Gasteiger partial charge on any atom is 0.254 e. The SMILES string of the molecule is CC(C)CN=C1NC(=O)C(c2cccc(Cl)c2F)N1. The Labute approximate surface area is 116 Å². The highest BCUT2D eigenvalue weighted by Gasteiger charge is 2.32. The molecule has 6 heteroatoms. The summed E-state index contributed by atoms with van der Waals surface area (Å²) in [4.78, 5) is 16.0. The molecule has 1 atom stereocenters. The van der Waals surface area contributed by atoms with E-state index in [4.69, 9.17) is 11.6 Å². The van der Waals surface area contributed by atoms with Crippen LogP contribution in [0.25, 0.3) is 0 Å². The third kappa shape index (κ3) is 3.04. The Balaban J connectivity index is 2.21. The van der Waals surface area contributed by atoms with E-state index in [0.717, 1.165) is 0 Å². The van der Waals surface area contributed by atoms with Gasteiger partial charge in [0.25, 0.3) is 5.91 Å². The average Bonchev–Trinajstić information content (AvgIpc) is 2.71. The van der Waals surface area contributed by atoms with Gasteiger partial charge in [0.2, 0.25) is 0 Å². The van der Waals surface area contributed by atoms with Gasteiger partial charge >= 0.3 is 0 Å². The molecule has 0 bridgehead atoms. The van der Waals surface area contributed by atoms with E-state index < -0.39 is 11.9 Å². The van der Waals surface area contributed by atoms with Crippen molar-refractivity contribution in [1.82, 2.24) is 10.6 Å². The van der Waals surface area contributed by atoms with Gasteiger partial charge in [-0.15, -0.1) is 0 Å². The summed E-state index contributed by atoms with van der Waals surface area (Å²) < 4.78 is 13.9. The highest BCUT2D eigenvalue weighted by Crippen LogP contribution is 2.25. The van der Waals surface area contributed by atoms with Crippen molar-refractivity contribution >= 4 is 23.5 Å². The second-order valence-electron chi connectivity index (χ2n) is 4.79. The largest absolute Gasteiger partial charge is 0.340 e. The van der Waals surface area contributed by atoms with Crippen LogP contribution < -0.4 is 10.6 Å². The van der Waals surface area contributed by atoms with Crippen molar-refractivity contribution in [3.05, 3.63) is 34.6 Å². The molecule has 1 fully saturated rings. The first-order valence-electron chi connectivity index (χ1n) is 6.04. The highest BCUT2D eigenvalue weighted by atomic mass is 35.5. The second kappa shape index (κ2) is 5.57. The van der Waals surface area contributed by atoms with Gasteiger partial charge in [-0.2, -0.15) is 0 Å². The molecule has 0 spiro atoms. The molecular weight excluding hydrogens is 269 g/mol. The molecule has 2 rings (SSSR count). The zero-order chi connectivity index (χ0) is 14.0. The molecular formula is C13H15ClFN3O. The average molecular weight is 284 g/mol. The standard InChI is InChI=1S/C13H15ClFN3O/c1-7(2)6-16-13-17-11(12(19)18-13)8-4-3-5-9(14)10(8)15/h3-5,7,11H,6H2,1-2H3,(H2,16,17,18,19). The summed E-state index contributed by atoms with van der Waals surface area (Å²) in [6.45, 7) is 4.64. The molecule has 1 aliphatic heterocycles. The number of hydrogen-bond acceptors (Lipinski definition) is 2. The molecule has 1 unspecified atom stereocenters. The Morgan fingerprint density at radius 2 is 2.21 bits per heavy atom. The van der Waals surface area contributed by atoms with Crippen LogP contribution in [-0.4, -0.2) is 18.4 Å². The normalized spacial score (nSPS) is 20.8. The van der Waals surface area contributed by atoms with Crippen LogP contribution in [0.1, 0.15) is 25.5 Å². The van der Waals surface area contributed by atoms with Gasteiger partial charge in [-0.1, -0.05) is 37.6 Å². The van der Waals surface area contributed by atoms with Gasteiger partial charge in [0.1, 0.15) is 11.9 Å². The zero-order valence-electron chi connectivity index (χ0n) is 10.7. The topological polar surface area (TPSA) is 53.5 Å². The predicted octanol–water partition coefficient (Wildman–Crippen LogP) is 2.25. The number of halogens is 2. The number of benzene rings is 1. The van der Waals surface area contributed by atoms with E-state index in [1.54, 1.807) is 6.07 Å². The van der Waals surface area contributed by atoms with E-state index in [9.17, 15) is 9.18 Å². The van der Waals surface area contributed by atoms with E-state index in [0.29, 0.717) is 18.4 Å². The minimum absolute atomic E-state index is 0.000306. The lowest BCUT2D eigenvalue weighted by Crippen LogP contribution is -2.26. The molecule has 0 aromatic heterocycles. The van der Waals surface area contributed by atoms with E-state index >= 15 is 0 Å². The number of carbonyl (C=O) groups excluding carboxylic acids is 1. The fourth-order valence-corrected chi connectivity index (χ4v) is 1.93. The van der Waals surface area contributed by atoms with Gasteiger partial charge in [-0.05, 0) is 12.0 Å². The smallest absolute Gasteiger partial charge is 0.254 e. The zero-order valence-corrected chi connectivity index (χ0v) is 11.5. The maximum atomic E-state index is 13.9. The van der Waals surface area contributed by atoms with Gasteiger partial charge in [0.15, 0.2) is 5.96 Å². The van der Waals surface area contributed by atoms with Crippen molar-refractivity contribution < 1.29 is 9.18 Å². The number of aliphatic imine (C=N–C) groups is 1. The molecule has 0 aliphatic carbocycles. The van der Waals surface area contributed by atoms with Crippen molar-refractivity contribution in [2.75, 3.05) is 6.54 Å². The third-order valence-corrected chi connectivity index (χ3v) is 2.98. The van der Waals surface area contributed by atoms with Crippen molar-refractivity contribution in [3.63, 3.8) is 0 Å². The number of carbonyl (C=O) groups is 1. The quantitative estimate of drug-likeness (QED) is 0.894. The summed E-state index contributed by atoms with van der Waals surface area (Å²) >= 11 is 5.71. The summed E-state index contributed by atoms with van der Waals surface area (Å²) in [7, 11) is 0. The number of hydrogen-bond donors (Lipinski definition) is 2. The monoisotopic (exact) mass is 283 g/mol. The fraction of sp³-hybridized carbons (Fsp3) is 0.385. The predicted molar refractivity (Wildman–Crippen MR) is 72.6 cm³/mol. The van der Waals surface area contributed by atoms with Crippen molar-refractivity contribution in [1.29, 1.82) is 0 Å². The molecule has 102 valence electrons. The Morgan fingerprint density at radius 3 is 2.89 bits per heavy atom. The maximum absolute atomic E-state index is 13.9. The van der Waals surface area contributed by atoms with Crippen LogP contribution >= 0.6 is 11.6 Å². The molecule has 1 aromatic carbocycles. The molecule has 19 heavy (non-hydrogen) atoms. The van der Waals surface area contributed by atoms with Crippen LogP contribution in [-0.2, 0) is 4.79 Å². The summed E-state index contributed by atoms with van der Waals surface area (Å²) in [5.74, 6) is -0.151. The van der Waals surface area contributed by atoms with Crippen LogP contribution in [0.2, 0.25) is 5.02 Å². The molecule has 1 amide bonds. The molecule has 1 aromatic rings. The number of rotatable bonds is 3. The van der Waals surface area contributed by atoms with Gasteiger partial charge in [-0.25, -0.2) is 4.39 Å². The second-order valence-corrected chi connectivity index (χ2v) is 5.20. The Morgan fingerprint density at radius 1 is 1.47 bits per heavy atom. The van der Waals surface area contributed by atoms with Gasteiger partial charge < -0.3 is 5.32 Å². The number of guanidine groups is 1. The first-order chi connectivity index (χ1) is 8.99. The molecule has 1 aliphatic rings.